The maximum absolute atomic E-state index is 12.4. The standard InChI is InChI=1S/C21H23N5O3S/c1-12(27)23-13-6-5-7-14(8-13)24-20-22-10-18-21(2,25-20)15-9-16(19(28)26(3)4)30-17(15)11-29-18/h5-10,18H,11H2,1-4H3,(H,23,27)(H,24,25)/t18?,21-/m0/s1. The summed E-state index contributed by atoms with van der Waals surface area (Å²) in [6.45, 7) is 3.89. The van der Waals surface area contributed by atoms with Crippen molar-refractivity contribution in [1.29, 1.82) is 0 Å². The number of rotatable bonds is 3. The number of anilines is 2. The van der Waals surface area contributed by atoms with Crippen LogP contribution in [-0.4, -0.2) is 49.1 Å². The number of hydrogen-bond acceptors (Lipinski definition) is 7. The summed E-state index contributed by atoms with van der Waals surface area (Å²) in [7, 11) is 3.48. The van der Waals surface area contributed by atoms with Crippen molar-refractivity contribution in [2.75, 3.05) is 24.7 Å². The third-order valence-electron chi connectivity index (χ3n) is 5.03. The molecule has 8 nitrogen and oxygen atoms in total. The minimum atomic E-state index is -0.686. The zero-order valence-electron chi connectivity index (χ0n) is 17.2. The second kappa shape index (κ2) is 7.66. The second-order valence-electron chi connectivity index (χ2n) is 7.63. The molecule has 1 aromatic heterocycles. The fourth-order valence-corrected chi connectivity index (χ4v) is 4.75. The molecule has 0 aliphatic carbocycles. The Balaban J connectivity index is 1.64. The van der Waals surface area contributed by atoms with Gasteiger partial charge in [0.1, 0.15) is 11.6 Å². The van der Waals surface area contributed by atoms with Crippen molar-refractivity contribution in [1.82, 2.24) is 4.90 Å². The normalized spacial score (nSPS) is 21.9. The van der Waals surface area contributed by atoms with Gasteiger partial charge in [-0.05, 0) is 36.8 Å². The summed E-state index contributed by atoms with van der Waals surface area (Å²) < 4.78 is 5.98. The van der Waals surface area contributed by atoms with Gasteiger partial charge in [0, 0.05) is 43.5 Å². The van der Waals surface area contributed by atoms with Gasteiger partial charge < -0.3 is 20.3 Å². The van der Waals surface area contributed by atoms with Gasteiger partial charge in [-0.3, -0.25) is 9.59 Å². The van der Waals surface area contributed by atoms with E-state index in [0.29, 0.717) is 23.1 Å². The lowest BCUT2D eigenvalue weighted by atomic mass is 9.85. The van der Waals surface area contributed by atoms with Crippen molar-refractivity contribution in [2.45, 2.75) is 32.1 Å². The van der Waals surface area contributed by atoms with Gasteiger partial charge in [0.2, 0.25) is 11.9 Å². The average molecular weight is 426 g/mol. The Morgan fingerprint density at radius 3 is 2.77 bits per heavy atom. The van der Waals surface area contributed by atoms with Gasteiger partial charge in [-0.2, -0.15) is 0 Å². The van der Waals surface area contributed by atoms with Crippen LogP contribution < -0.4 is 10.6 Å². The first-order chi connectivity index (χ1) is 14.3. The molecule has 0 spiro atoms. The lowest BCUT2D eigenvalue weighted by Crippen LogP contribution is -2.45. The third kappa shape index (κ3) is 3.73. The number of ether oxygens (including phenoxy) is 1. The molecule has 0 saturated heterocycles. The molecule has 9 heteroatoms. The number of guanidine groups is 1. The molecule has 4 rings (SSSR count). The first-order valence-electron chi connectivity index (χ1n) is 9.51. The fourth-order valence-electron chi connectivity index (χ4n) is 3.54. The number of nitrogens with one attached hydrogen (secondary N) is 2. The molecule has 3 heterocycles. The van der Waals surface area contributed by atoms with Crippen LogP contribution in [0, 0.1) is 0 Å². The van der Waals surface area contributed by atoms with Crippen LogP contribution in [0.2, 0.25) is 0 Å². The monoisotopic (exact) mass is 425 g/mol. The lowest BCUT2D eigenvalue weighted by molar-refractivity contribution is -0.114. The van der Waals surface area contributed by atoms with Crippen LogP contribution in [0.25, 0.3) is 0 Å². The molecule has 2 aliphatic heterocycles. The van der Waals surface area contributed by atoms with E-state index in [9.17, 15) is 9.59 Å². The highest BCUT2D eigenvalue weighted by Gasteiger charge is 2.44. The first-order valence-corrected chi connectivity index (χ1v) is 10.3. The predicted molar refractivity (Wildman–Crippen MR) is 119 cm³/mol. The molecule has 2 amide bonds. The number of thiophene rings is 1. The highest BCUT2D eigenvalue weighted by molar-refractivity contribution is 7.14. The first kappa shape index (κ1) is 20.2. The molecule has 2 aromatic rings. The number of fused-ring (bicyclic) bond motifs is 3. The van der Waals surface area contributed by atoms with Gasteiger partial charge in [0.05, 0.1) is 11.5 Å². The molecule has 1 aromatic carbocycles. The highest BCUT2D eigenvalue weighted by Crippen LogP contribution is 2.43. The fraction of sp³-hybridized carbons (Fsp3) is 0.333. The molecule has 2 atom stereocenters. The van der Waals surface area contributed by atoms with E-state index in [-0.39, 0.29) is 17.9 Å². The van der Waals surface area contributed by atoms with Crippen LogP contribution in [0.4, 0.5) is 11.4 Å². The van der Waals surface area contributed by atoms with E-state index in [1.165, 1.54) is 18.3 Å². The maximum atomic E-state index is 12.4. The smallest absolute Gasteiger partial charge is 0.263 e. The quantitative estimate of drug-likeness (QED) is 0.790. The lowest BCUT2D eigenvalue weighted by Gasteiger charge is -2.38. The predicted octanol–water partition coefficient (Wildman–Crippen LogP) is 3.07. The summed E-state index contributed by atoms with van der Waals surface area (Å²) in [6.07, 6.45) is 1.44. The van der Waals surface area contributed by atoms with E-state index in [0.717, 1.165) is 16.1 Å². The van der Waals surface area contributed by atoms with Gasteiger partial charge in [0.15, 0.2) is 0 Å². The van der Waals surface area contributed by atoms with Crippen molar-refractivity contribution in [2.24, 2.45) is 9.98 Å². The van der Waals surface area contributed by atoms with Crippen LogP contribution in [0.3, 0.4) is 0 Å². The number of amides is 2. The Kier molecular flexibility index (Phi) is 5.17. The van der Waals surface area contributed by atoms with Crippen molar-refractivity contribution < 1.29 is 14.3 Å². The average Bonchev–Trinajstić information content (AvgIpc) is 3.12. The molecule has 0 fully saturated rings. The van der Waals surface area contributed by atoms with Crippen LogP contribution in [0.1, 0.15) is 34.0 Å². The number of carbonyl (C=O) groups excluding carboxylic acids is 2. The van der Waals surface area contributed by atoms with Crippen LogP contribution in [0.15, 0.2) is 40.3 Å². The number of aliphatic imine (C=N–C) groups is 2. The Morgan fingerprint density at radius 1 is 1.27 bits per heavy atom. The van der Waals surface area contributed by atoms with E-state index in [2.05, 4.69) is 15.6 Å². The van der Waals surface area contributed by atoms with Gasteiger partial charge in [-0.25, -0.2) is 9.98 Å². The molecule has 30 heavy (non-hydrogen) atoms. The number of carbonyl (C=O) groups is 2. The van der Waals surface area contributed by atoms with Gasteiger partial charge in [-0.15, -0.1) is 11.3 Å². The molecule has 2 aliphatic rings. The van der Waals surface area contributed by atoms with Crippen LogP contribution in [0.5, 0.6) is 0 Å². The largest absolute Gasteiger partial charge is 0.364 e. The number of nitrogens with zero attached hydrogens (tertiary/aromatic N) is 3. The van der Waals surface area contributed by atoms with E-state index in [1.807, 2.05) is 37.3 Å². The molecular weight excluding hydrogens is 402 g/mol. The minimum Gasteiger partial charge on any atom is -0.364 e. The molecular formula is C21H23N5O3S. The zero-order chi connectivity index (χ0) is 21.5. The van der Waals surface area contributed by atoms with Gasteiger partial charge in [0.25, 0.3) is 5.91 Å². The summed E-state index contributed by atoms with van der Waals surface area (Å²) in [5.74, 6) is 0.274. The molecule has 156 valence electrons. The zero-order valence-corrected chi connectivity index (χ0v) is 18.0. The van der Waals surface area contributed by atoms with Crippen LogP contribution >= 0.6 is 11.3 Å². The highest BCUT2D eigenvalue weighted by atomic mass is 32.1. The van der Waals surface area contributed by atoms with Crippen molar-refractivity contribution in [3.63, 3.8) is 0 Å². The molecule has 0 saturated carbocycles. The van der Waals surface area contributed by atoms with Crippen molar-refractivity contribution >= 4 is 46.7 Å². The molecule has 0 bridgehead atoms. The maximum Gasteiger partial charge on any atom is 0.263 e. The minimum absolute atomic E-state index is 0.0314. The summed E-state index contributed by atoms with van der Waals surface area (Å²) in [6, 6.07) is 9.26. The Labute approximate surface area is 178 Å². The number of hydrogen-bond donors (Lipinski definition) is 2. The summed E-state index contributed by atoms with van der Waals surface area (Å²) in [4.78, 5) is 36.3. The van der Waals surface area contributed by atoms with E-state index < -0.39 is 5.54 Å². The Hall–Kier alpha value is -3.04. The topological polar surface area (TPSA) is 95.4 Å². The van der Waals surface area contributed by atoms with Crippen LogP contribution in [-0.2, 0) is 21.7 Å². The SMILES string of the molecule is CC(=O)Nc1cccc(NC2=N[C@@]3(C)c4cc(C(=O)N(C)C)sc4COC3C=N2)c1. The summed E-state index contributed by atoms with van der Waals surface area (Å²) >= 11 is 1.45. The summed E-state index contributed by atoms with van der Waals surface area (Å²) in [5.41, 5.74) is 1.75. The summed E-state index contributed by atoms with van der Waals surface area (Å²) in [5, 5.41) is 5.96. The van der Waals surface area contributed by atoms with E-state index in [1.54, 1.807) is 25.2 Å². The molecule has 0 radical (unpaired) electrons. The van der Waals surface area contributed by atoms with Crippen molar-refractivity contribution in [3.8, 4) is 0 Å². The number of benzene rings is 1. The van der Waals surface area contributed by atoms with E-state index >= 15 is 0 Å². The van der Waals surface area contributed by atoms with Crippen molar-refractivity contribution in [3.05, 3.63) is 45.6 Å². The Morgan fingerprint density at radius 2 is 2.03 bits per heavy atom. The van der Waals surface area contributed by atoms with E-state index in [4.69, 9.17) is 9.73 Å². The van der Waals surface area contributed by atoms with Gasteiger partial charge >= 0.3 is 0 Å². The third-order valence-corrected chi connectivity index (χ3v) is 6.13. The molecule has 1 unspecified atom stereocenters. The van der Waals surface area contributed by atoms with Gasteiger partial charge in [-0.1, -0.05) is 6.07 Å². The Bertz CT molecular complexity index is 1070. The molecule has 2 N–H and O–H groups in total. The second-order valence-corrected chi connectivity index (χ2v) is 8.76.